The zero-order chi connectivity index (χ0) is 19.0. The van der Waals surface area contributed by atoms with Gasteiger partial charge >= 0.3 is 6.09 Å². The van der Waals surface area contributed by atoms with Crippen molar-refractivity contribution in [1.82, 2.24) is 10.3 Å². The fourth-order valence-electron chi connectivity index (χ4n) is 1.71. The average molecular weight is 346 g/mol. The molecule has 25 heavy (non-hydrogen) atoms. The fourth-order valence-corrected chi connectivity index (χ4v) is 1.71. The topological polar surface area (TPSA) is 115 Å². The van der Waals surface area contributed by atoms with Gasteiger partial charge in [-0.15, -0.1) is 0 Å². The first-order valence-electron chi connectivity index (χ1n) is 7.58. The summed E-state index contributed by atoms with van der Waals surface area (Å²) >= 11 is 0. The first kappa shape index (κ1) is 20.1. The third kappa shape index (κ3) is 7.01. The van der Waals surface area contributed by atoms with Crippen molar-refractivity contribution >= 4 is 18.2 Å². The van der Waals surface area contributed by atoms with Crippen LogP contribution >= 0.6 is 0 Å². The minimum absolute atomic E-state index is 0.517. The molecule has 8 heteroatoms. The lowest BCUT2D eigenvalue weighted by molar-refractivity contribution is -0.133. The Labute approximate surface area is 146 Å². The summed E-state index contributed by atoms with van der Waals surface area (Å²) in [6.45, 7) is 4.48. The molecule has 0 bridgehead atoms. The Morgan fingerprint density at radius 3 is 2.48 bits per heavy atom. The van der Waals surface area contributed by atoms with Crippen LogP contribution in [0.3, 0.4) is 0 Å². The van der Waals surface area contributed by atoms with Gasteiger partial charge in [0, 0.05) is 7.05 Å². The van der Waals surface area contributed by atoms with Gasteiger partial charge in [-0.25, -0.2) is 9.80 Å². The Hall–Kier alpha value is -2.92. The van der Waals surface area contributed by atoms with Crippen molar-refractivity contribution in [3.8, 4) is 6.07 Å². The molecular formula is C17H22N4O4. The van der Waals surface area contributed by atoms with Crippen LogP contribution in [0.4, 0.5) is 4.79 Å². The highest BCUT2D eigenvalue weighted by Crippen LogP contribution is 2.07. The molecule has 0 spiro atoms. The molecule has 1 aromatic carbocycles. The number of hydrazone groups is 1. The number of amides is 2. The number of aliphatic hydroxyl groups excluding tert-OH is 1. The van der Waals surface area contributed by atoms with E-state index in [1.165, 1.54) is 13.3 Å². The van der Waals surface area contributed by atoms with Crippen LogP contribution in [0.15, 0.2) is 29.4 Å². The number of carbonyl (C=O) groups excluding carboxylic acids is 2. The van der Waals surface area contributed by atoms with Crippen molar-refractivity contribution in [1.29, 1.82) is 5.26 Å². The molecule has 0 aliphatic carbocycles. The van der Waals surface area contributed by atoms with E-state index in [2.05, 4.69) is 10.4 Å². The van der Waals surface area contributed by atoms with Gasteiger partial charge in [-0.1, -0.05) is 12.1 Å². The monoisotopic (exact) mass is 346 g/mol. The van der Waals surface area contributed by atoms with Gasteiger partial charge in [0.15, 0.2) is 0 Å². The molecule has 1 rings (SSSR count). The van der Waals surface area contributed by atoms with Gasteiger partial charge in [0.25, 0.3) is 5.91 Å². The van der Waals surface area contributed by atoms with Crippen molar-refractivity contribution in [2.75, 3.05) is 13.7 Å². The second kappa shape index (κ2) is 8.80. The van der Waals surface area contributed by atoms with Gasteiger partial charge < -0.3 is 15.2 Å². The highest BCUT2D eigenvalue weighted by atomic mass is 16.6. The first-order chi connectivity index (χ1) is 11.7. The van der Waals surface area contributed by atoms with E-state index in [0.29, 0.717) is 11.1 Å². The van der Waals surface area contributed by atoms with E-state index in [0.717, 1.165) is 5.01 Å². The van der Waals surface area contributed by atoms with Crippen molar-refractivity contribution in [3.63, 3.8) is 0 Å². The molecule has 1 atom stereocenters. The number of nitrogens with zero attached hydrogens (tertiary/aromatic N) is 3. The summed E-state index contributed by atoms with van der Waals surface area (Å²) in [5.41, 5.74) is 0.495. The van der Waals surface area contributed by atoms with Crippen LogP contribution < -0.4 is 5.32 Å². The molecule has 0 saturated carbocycles. The van der Waals surface area contributed by atoms with Crippen molar-refractivity contribution in [2.45, 2.75) is 32.4 Å². The Morgan fingerprint density at radius 1 is 1.40 bits per heavy atom. The summed E-state index contributed by atoms with van der Waals surface area (Å²) in [5, 5.41) is 25.4. The lowest BCUT2D eigenvalue weighted by Gasteiger charge is -2.23. The smallest absolute Gasteiger partial charge is 0.408 e. The van der Waals surface area contributed by atoms with Gasteiger partial charge in [0.1, 0.15) is 11.6 Å². The van der Waals surface area contributed by atoms with Crippen LogP contribution in [0.1, 0.15) is 31.9 Å². The number of ether oxygens (including phenoxy) is 1. The van der Waals surface area contributed by atoms with E-state index < -0.39 is 30.3 Å². The molecule has 2 N–H and O–H groups in total. The van der Waals surface area contributed by atoms with E-state index in [4.69, 9.17) is 10.00 Å². The van der Waals surface area contributed by atoms with E-state index in [1.807, 2.05) is 6.07 Å². The number of hydrogen-bond donors (Lipinski definition) is 2. The number of benzene rings is 1. The highest BCUT2D eigenvalue weighted by Gasteiger charge is 2.25. The summed E-state index contributed by atoms with van der Waals surface area (Å²) in [7, 11) is 1.40. The van der Waals surface area contributed by atoms with Crippen molar-refractivity contribution < 1.29 is 19.4 Å². The first-order valence-corrected chi connectivity index (χ1v) is 7.58. The highest BCUT2D eigenvalue weighted by molar-refractivity contribution is 5.87. The molecule has 0 saturated heterocycles. The average Bonchev–Trinajstić information content (AvgIpc) is 2.55. The minimum Gasteiger partial charge on any atom is -0.444 e. The zero-order valence-corrected chi connectivity index (χ0v) is 14.7. The molecule has 0 fully saturated rings. The normalized spacial score (nSPS) is 12.3. The molecule has 0 aromatic heterocycles. The maximum atomic E-state index is 12.2. The predicted octanol–water partition coefficient (Wildman–Crippen LogP) is 1.24. The largest absolute Gasteiger partial charge is 0.444 e. The molecule has 0 heterocycles. The van der Waals surface area contributed by atoms with Gasteiger partial charge in [-0.3, -0.25) is 4.79 Å². The van der Waals surface area contributed by atoms with Crippen LogP contribution in [0, 0.1) is 11.3 Å². The van der Waals surface area contributed by atoms with Gasteiger partial charge in [0.2, 0.25) is 0 Å². The fraction of sp³-hybridized carbons (Fsp3) is 0.412. The van der Waals surface area contributed by atoms with E-state index >= 15 is 0 Å². The van der Waals surface area contributed by atoms with Crippen molar-refractivity contribution in [3.05, 3.63) is 35.4 Å². The molecule has 0 aliphatic rings. The summed E-state index contributed by atoms with van der Waals surface area (Å²) in [6.07, 6.45) is 0.630. The number of aliphatic hydroxyl groups is 1. The molecular weight excluding hydrogens is 324 g/mol. The van der Waals surface area contributed by atoms with Gasteiger partial charge in [-0.05, 0) is 38.5 Å². The Morgan fingerprint density at radius 2 is 2.00 bits per heavy atom. The molecule has 1 aromatic rings. The molecule has 0 aliphatic heterocycles. The number of carbonyl (C=O) groups is 2. The number of nitriles is 1. The lowest BCUT2D eigenvalue weighted by atomic mass is 10.2. The SMILES string of the molecule is CN(/N=C/c1ccc(C#N)cc1)C(=O)[C@H](CO)NC(=O)OC(C)(C)C. The van der Waals surface area contributed by atoms with Crippen molar-refractivity contribution in [2.24, 2.45) is 5.10 Å². The van der Waals surface area contributed by atoms with Gasteiger partial charge in [-0.2, -0.15) is 10.4 Å². The molecule has 0 unspecified atom stereocenters. The minimum atomic E-state index is -1.17. The lowest BCUT2D eigenvalue weighted by Crippen LogP contribution is -2.49. The third-order valence-corrected chi connectivity index (χ3v) is 2.91. The number of likely N-dealkylation sites (N-methyl/N-ethyl adjacent to an activating group) is 1. The maximum absolute atomic E-state index is 12.2. The third-order valence-electron chi connectivity index (χ3n) is 2.91. The second-order valence-corrected chi connectivity index (χ2v) is 6.22. The number of alkyl carbamates (subject to hydrolysis) is 1. The van der Waals surface area contributed by atoms with E-state index in [9.17, 15) is 14.7 Å². The number of nitrogens with one attached hydrogen (secondary N) is 1. The Balaban J connectivity index is 2.69. The summed E-state index contributed by atoms with van der Waals surface area (Å²) in [4.78, 5) is 24.0. The van der Waals surface area contributed by atoms with Crippen LogP contribution in [0.5, 0.6) is 0 Å². The quantitative estimate of drug-likeness (QED) is 0.615. The zero-order valence-electron chi connectivity index (χ0n) is 14.7. The van der Waals surface area contributed by atoms with Crippen LogP contribution in [-0.2, 0) is 9.53 Å². The standard InChI is InChI=1S/C17H22N4O4/c1-17(2,3)25-16(24)20-14(11-22)15(23)21(4)19-10-13-7-5-12(9-18)6-8-13/h5-8,10,14,22H,11H2,1-4H3,(H,20,24)/b19-10+/t14-/m0/s1. The maximum Gasteiger partial charge on any atom is 0.408 e. The van der Waals surface area contributed by atoms with Crippen LogP contribution in [-0.4, -0.2) is 53.6 Å². The van der Waals surface area contributed by atoms with Gasteiger partial charge in [0.05, 0.1) is 24.5 Å². The van der Waals surface area contributed by atoms with E-state index in [1.54, 1.807) is 45.0 Å². The summed E-state index contributed by atoms with van der Waals surface area (Å²) in [6, 6.07) is 7.46. The van der Waals surface area contributed by atoms with Crippen LogP contribution in [0.2, 0.25) is 0 Å². The predicted molar refractivity (Wildman–Crippen MR) is 91.8 cm³/mol. The summed E-state index contributed by atoms with van der Waals surface area (Å²) in [5.74, 6) is -0.599. The molecule has 134 valence electrons. The molecule has 0 radical (unpaired) electrons. The molecule has 2 amide bonds. The van der Waals surface area contributed by atoms with Crippen LogP contribution in [0.25, 0.3) is 0 Å². The number of rotatable bonds is 5. The Kier molecular flexibility index (Phi) is 7.08. The second-order valence-electron chi connectivity index (χ2n) is 6.22. The van der Waals surface area contributed by atoms with E-state index in [-0.39, 0.29) is 0 Å². The Bertz CT molecular complexity index is 671. The summed E-state index contributed by atoms with van der Waals surface area (Å²) < 4.78 is 5.05. The number of hydrogen-bond acceptors (Lipinski definition) is 6. The molecule has 8 nitrogen and oxygen atoms in total.